The van der Waals surface area contributed by atoms with Crippen LogP contribution in [-0.4, -0.2) is 27.8 Å². The minimum atomic E-state index is 0.140. The number of carbonyl (C=O) groups excluding carboxylic acids is 1. The number of thioether (sulfide) groups is 2. The van der Waals surface area contributed by atoms with Gasteiger partial charge >= 0.3 is 0 Å². The Morgan fingerprint density at radius 2 is 1.89 bits per heavy atom. The molecule has 3 heteroatoms. The van der Waals surface area contributed by atoms with E-state index in [2.05, 4.69) is 26.0 Å². The van der Waals surface area contributed by atoms with Crippen molar-refractivity contribution in [3.63, 3.8) is 0 Å². The van der Waals surface area contributed by atoms with Crippen LogP contribution in [0.25, 0.3) is 0 Å². The molecule has 1 nitrogen and oxygen atoms in total. The summed E-state index contributed by atoms with van der Waals surface area (Å²) in [6.45, 7) is 4.35. The summed E-state index contributed by atoms with van der Waals surface area (Å²) in [6.07, 6.45) is 2.25. The van der Waals surface area contributed by atoms with Gasteiger partial charge in [-0.1, -0.05) is 44.5 Å². The molecule has 0 N–H and O–H groups in total. The lowest BCUT2D eigenvalue weighted by atomic mass is 10.0. The van der Waals surface area contributed by atoms with E-state index in [-0.39, 0.29) is 5.25 Å². The zero-order valence-electron chi connectivity index (χ0n) is 11.0. The summed E-state index contributed by atoms with van der Waals surface area (Å²) in [6, 6.07) is 8.20. The topological polar surface area (TPSA) is 17.1 Å². The number of hydrogen-bond donors (Lipinski definition) is 0. The van der Waals surface area contributed by atoms with Crippen LogP contribution >= 0.6 is 23.5 Å². The molecule has 1 fully saturated rings. The predicted octanol–water partition coefficient (Wildman–Crippen LogP) is 4.06. The van der Waals surface area contributed by atoms with Gasteiger partial charge in [-0.05, 0) is 12.0 Å². The highest BCUT2D eigenvalue weighted by atomic mass is 32.2. The number of ketones is 1. The largest absolute Gasteiger partial charge is 0.293 e. The van der Waals surface area contributed by atoms with Gasteiger partial charge in [0.25, 0.3) is 0 Å². The van der Waals surface area contributed by atoms with Crippen molar-refractivity contribution in [3.05, 3.63) is 35.4 Å². The van der Waals surface area contributed by atoms with Crippen molar-refractivity contribution in [1.82, 2.24) is 0 Å². The fourth-order valence-corrected chi connectivity index (χ4v) is 4.93. The Labute approximate surface area is 118 Å². The first-order valence-electron chi connectivity index (χ1n) is 6.58. The van der Waals surface area contributed by atoms with Gasteiger partial charge in [0.05, 0.1) is 5.25 Å². The Morgan fingerprint density at radius 1 is 1.22 bits per heavy atom. The van der Waals surface area contributed by atoms with E-state index in [4.69, 9.17) is 0 Å². The van der Waals surface area contributed by atoms with Crippen LogP contribution in [0, 0.1) is 0 Å². The van der Waals surface area contributed by atoms with Gasteiger partial charge in [-0.15, -0.1) is 11.8 Å². The molecule has 0 amide bonds. The molecule has 0 aliphatic carbocycles. The summed E-state index contributed by atoms with van der Waals surface area (Å²) < 4.78 is 0. The first kappa shape index (κ1) is 14.0. The maximum absolute atomic E-state index is 12.4. The molecule has 2 rings (SSSR count). The molecule has 0 aromatic heterocycles. The highest BCUT2D eigenvalue weighted by Gasteiger charge is 2.29. The second-order valence-electron chi connectivity index (χ2n) is 4.68. The van der Waals surface area contributed by atoms with Crippen molar-refractivity contribution in [1.29, 1.82) is 0 Å². The lowest BCUT2D eigenvalue weighted by molar-refractivity contribution is 0.0989. The quantitative estimate of drug-likeness (QED) is 0.774. The van der Waals surface area contributed by atoms with Crippen LogP contribution in [0.2, 0.25) is 0 Å². The van der Waals surface area contributed by atoms with E-state index in [1.165, 1.54) is 11.3 Å². The number of Topliss-reactive ketones (excluding diaryl/α,β-unsaturated/α-hetero) is 1. The third kappa shape index (κ3) is 3.33. The molecule has 98 valence electrons. The van der Waals surface area contributed by atoms with Gasteiger partial charge in [-0.2, -0.15) is 11.8 Å². The zero-order valence-corrected chi connectivity index (χ0v) is 12.7. The molecule has 1 aliphatic rings. The fourth-order valence-electron chi connectivity index (χ4n) is 2.21. The van der Waals surface area contributed by atoms with Crippen LogP contribution in [0.4, 0.5) is 0 Å². The van der Waals surface area contributed by atoms with Crippen molar-refractivity contribution in [2.24, 2.45) is 0 Å². The van der Waals surface area contributed by atoms with Crippen LogP contribution in [0.15, 0.2) is 24.3 Å². The number of hydrogen-bond acceptors (Lipinski definition) is 3. The first-order valence-corrected chi connectivity index (χ1v) is 8.68. The third-order valence-electron chi connectivity index (χ3n) is 3.22. The van der Waals surface area contributed by atoms with Crippen LogP contribution in [0.5, 0.6) is 0 Å². The Hall–Kier alpha value is -0.410. The van der Waals surface area contributed by atoms with Crippen molar-refractivity contribution in [2.75, 3.05) is 11.5 Å². The molecular weight excluding hydrogens is 260 g/mol. The summed E-state index contributed by atoms with van der Waals surface area (Å²) in [4.78, 5) is 12.4. The monoisotopic (exact) mass is 280 g/mol. The van der Waals surface area contributed by atoms with Crippen molar-refractivity contribution >= 4 is 29.3 Å². The van der Waals surface area contributed by atoms with E-state index in [1.54, 1.807) is 0 Å². The average molecular weight is 280 g/mol. The molecule has 1 aliphatic heterocycles. The smallest absolute Gasteiger partial charge is 0.176 e. The molecule has 0 spiro atoms. The SMILES string of the molecule is CCCc1ccc(C(=O)C2SCCSC2C)cc1. The van der Waals surface area contributed by atoms with E-state index in [0.29, 0.717) is 11.0 Å². The number of benzene rings is 1. The van der Waals surface area contributed by atoms with E-state index in [1.807, 2.05) is 35.7 Å². The molecular formula is C15H20OS2. The van der Waals surface area contributed by atoms with Crippen LogP contribution in [0.1, 0.15) is 36.2 Å². The lowest BCUT2D eigenvalue weighted by Crippen LogP contribution is -2.31. The summed E-state index contributed by atoms with van der Waals surface area (Å²) in [5.41, 5.74) is 2.20. The van der Waals surface area contributed by atoms with Gasteiger partial charge in [0.15, 0.2) is 5.78 Å². The van der Waals surface area contributed by atoms with Crippen molar-refractivity contribution in [2.45, 2.75) is 37.2 Å². The highest BCUT2D eigenvalue weighted by molar-refractivity contribution is 8.07. The average Bonchev–Trinajstić information content (AvgIpc) is 2.40. The summed E-state index contributed by atoms with van der Waals surface area (Å²) >= 11 is 3.74. The minimum Gasteiger partial charge on any atom is -0.293 e. The van der Waals surface area contributed by atoms with Gasteiger partial charge in [0.2, 0.25) is 0 Å². The van der Waals surface area contributed by atoms with E-state index in [0.717, 1.165) is 24.2 Å². The third-order valence-corrected chi connectivity index (χ3v) is 6.31. The normalized spacial score (nSPS) is 23.9. The minimum absolute atomic E-state index is 0.140. The molecule has 18 heavy (non-hydrogen) atoms. The molecule has 1 aromatic carbocycles. The molecule has 0 bridgehead atoms. The van der Waals surface area contributed by atoms with Gasteiger partial charge in [-0.3, -0.25) is 4.79 Å². The molecule has 1 saturated heterocycles. The molecule has 0 saturated carbocycles. The number of aryl methyl sites for hydroxylation is 1. The van der Waals surface area contributed by atoms with E-state index >= 15 is 0 Å². The Bertz CT molecular complexity index is 399. The number of carbonyl (C=O) groups is 1. The maximum atomic E-state index is 12.4. The maximum Gasteiger partial charge on any atom is 0.176 e. The highest BCUT2D eigenvalue weighted by Crippen LogP contribution is 2.33. The molecule has 2 unspecified atom stereocenters. The van der Waals surface area contributed by atoms with E-state index < -0.39 is 0 Å². The van der Waals surface area contributed by atoms with Gasteiger partial charge in [0, 0.05) is 22.3 Å². The van der Waals surface area contributed by atoms with Gasteiger partial charge in [-0.25, -0.2) is 0 Å². The van der Waals surface area contributed by atoms with Crippen molar-refractivity contribution < 1.29 is 4.79 Å². The summed E-state index contributed by atoms with van der Waals surface area (Å²) in [7, 11) is 0. The van der Waals surface area contributed by atoms with Crippen LogP contribution < -0.4 is 0 Å². The molecule has 2 atom stereocenters. The zero-order chi connectivity index (χ0) is 13.0. The Morgan fingerprint density at radius 3 is 2.50 bits per heavy atom. The standard InChI is InChI=1S/C15H20OS2/c1-3-4-12-5-7-13(8-6-12)14(16)15-11(2)17-9-10-18-15/h5-8,11,15H,3-4,9-10H2,1-2H3. The first-order chi connectivity index (χ1) is 8.72. The lowest BCUT2D eigenvalue weighted by Gasteiger charge is -2.26. The fraction of sp³-hybridized carbons (Fsp3) is 0.533. The van der Waals surface area contributed by atoms with Crippen molar-refractivity contribution in [3.8, 4) is 0 Å². The van der Waals surface area contributed by atoms with E-state index in [9.17, 15) is 4.79 Å². The summed E-state index contributed by atoms with van der Waals surface area (Å²) in [5.74, 6) is 2.58. The second-order valence-corrected chi connectivity index (χ2v) is 7.41. The number of rotatable bonds is 4. The van der Waals surface area contributed by atoms with Gasteiger partial charge in [0.1, 0.15) is 0 Å². The second kappa shape index (κ2) is 6.67. The molecule has 1 heterocycles. The van der Waals surface area contributed by atoms with Crippen LogP contribution in [0.3, 0.4) is 0 Å². The molecule has 1 aromatic rings. The molecule has 0 radical (unpaired) electrons. The predicted molar refractivity (Wildman–Crippen MR) is 82.9 cm³/mol. The van der Waals surface area contributed by atoms with Gasteiger partial charge < -0.3 is 0 Å². The Balaban J connectivity index is 2.08. The Kier molecular flexibility index (Phi) is 5.19. The van der Waals surface area contributed by atoms with Crippen LogP contribution in [-0.2, 0) is 6.42 Å². The summed E-state index contributed by atoms with van der Waals surface area (Å²) in [5, 5.41) is 0.576.